The van der Waals surface area contributed by atoms with Crippen LogP contribution in [0.1, 0.15) is 66.2 Å². The molecule has 0 spiro atoms. The molecule has 3 atom stereocenters. The van der Waals surface area contributed by atoms with E-state index in [9.17, 15) is 0 Å². The topological polar surface area (TPSA) is 9.23 Å². The van der Waals surface area contributed by atoms with Gasteiger partial charge in [-0.2, -0.15) is 0 Å². The molecule has 0 N–H and O–H groups in total. The fourth-order valence-corrected chi connectivity index (χ4v) is 5.27. The molecule has 2 fully saturated rings. The first-order valence-electron chi connectivity index (χ1n) is 9.84. The summed E-state index contributed by atoms with van der Waals surface area (Å²) in [5, 5.41) is 0. The van der Waals surface area contributed by atoms with Crippen molar-refractivity contribution < 1.29 is 4.74 Å². The summed E-state index contributed by atoms with van der Waals surface area (Å²) in [6.45, 7) is 16.6. The minimum absolute atomic E-state index is 0.136. The Morgan fingerprint density at radius 3 is 2.50 bits per heavy atom. The molecule has 0 aromatic heterocycles. The maximum Gasteiger partial charge on any atom is 0.0693 e. The fraction of sp³-hybridized carbons (Fsp3) is 0.818. The van der Waals surface area contributed by atoms with Crippen molar-refractivity contribution in [3.05, 3.63) is 11.6 Å². The van der Waals surface area contributed by atoms with Crippen LogP contribution < -0.4 is 0 Å². The van der Waals surface area contributed by atoms with E-state index in [0.717, 1.165) is 18.9 Å². The number of ether oxygens (including phenoxy) is 1. The summed E-state index contributed by atoms with van der Waals surface area (Å²) >= 11 is 0. The van der Waals surface area contributed by atoms with Crippen molar-refractivity contribution in [1.82, 2.24) is 0 Å². The van der Waals surface area contributed by atoms with Crippen LogP contribution in [0.25, 0.3) is 0 Å². The molecular weight excluding hydrogens is 308 g/mol. The lowest BCUT2D eigenvalue weighted by Gasteiger charge is -2.39. The van der Waals surface area contributed by atoms with Crippen LogP contribution in [0.5, 0.6) is 0 Å². The Kier molecular flexibility index (Phi) is 6.09. The molecule has 0 aromatic rings. The number of allylic oxidation sites excluding steroid dienone is 2. The number of rotatable bonds is 6. The Hall–Kier alpha value is -0.523. The first-order valence-corrected chi connectivity index (χ1v) is 13.5. The quantitative estimate of drug-likeness (QED) is 0.233. The van der Waals surface area contributed by atoms with Gasteiger partial charge in [-0.3, -0.25) is 0 Å². The average Bonchev–Trinajstić information content (AvgIpc) is 2.92. The van der Waals surface area contributed by atoms with Crippen molar-refractivity contribution in [1.29, 1.82) is 0 Å². The van der Waals surface area contributed by atoms with E-state index in [1.54, 1.807) is 0 Å². The van der Waals surface area contributed by atoms with E-state index in [1.807, 2.05) is 0 Å². The zero-order valence-electron chi connectivity index (χ0n) is 17.1. The molecule has 0 radical (unpaired) electrons. The number of unbranched alkanes of at least 4 members (excludes halogenated alkanes) is 1. The van der Waals surface area contributed by atoms with Gasteiger partial charge in [0, 0.05) is 12.5 Å². The van der Waals surface area contributed by atoms with Crippen LogP contribution in [0.4, 0.5) is 0 Å². The molecule has 2 heteroatoms. The molecule has 2 aliphatic heterocycles. The van der Waals surface area contributed by atoms with Gasteiger partial charge in [0.15, 0.2) is 0 Å². The molecule has 24 heavy (non-hydrogen) atoms. The molecule has 2 aliphatic rings. The van der Waals surface area contributed by atoms with Gasteiger partial charge >= 0.3 is 0 Å². The molecule has 0 aliphatic carbocycles. The molecular formula is C22H38OSi. The molecule has 0 amide bonds. The summed E-state index contributed by atoms with van der Waals surface area (Å²) in [7, 11) is -0.996. The molecule has 0 aromatic carbocycles. The van der Waals surface area contributed by atoms with Crippen molar-refractivity contribution in [2.24, 2.45) is 11.3 Å². The van der Waals surface area contributed by atoms with Crippen LogP contribution >= 0.6 is 0 Å². The average molecular weight is 347 g/mol. The first-order chi connectivity index (χ1) is 11.0. The van der Waals surface area contributed by atoms with E-state index in [-0.39, 0.29) is 5.60 Å². The third kappa shape index (κ3) is 4.76. The van der Waals surface area contributed by atoms with Crippen molar-refractivity contribution >= 4 is 8.07 Å². The van der Waals surface area contributed by atoms with Crippen LogP contribution in [0, 0.1) is 23.2 Å². The van der Waals surface area contributed by atoms with E-state index in [1.165, 1.54) is 31.3 Å². The van der Waals surface area contributed by atoms with E-state index >= 15 is 0 Å². The van der Waals surface area contributed by atoms with Crippen molar-refractivity contribution in [2.75, 3.05) is 0 Å². The SMILES string of the molecule is C/C(=C\CCC#CC[Si](C)(C)C)CCC1C(C)(C)[C@@H]2CC[C@@]1(C)O2. The van der Waals surface area contributed by atoms with Gasteiger partial charge in [-0.1, -0.05) is 45.1 Å². The van der Waals surface area contributed by atoms with Gasteiger partial charge < -0.3 is 4.74 Å². The van der Waals surface area contributed by atoms with Crippen molar-refractivity contribution in [2.45, 2.75) is 104 Å². The minimum atomic E-state index is -0.996. The van der Waals surface area contributed by atoms with Crippen LogP contribution in [-0.2, 0) is 4.74 Å². The van der Waals surface area contributed by atoms with E-state index in [4.69, 9.17) is 4.74 Å². The Morgan fingerprint density at radius 2 is 1.92 bits per heavy atom. The maximum absolute atomic E-state index is 6.34. The highest BCUT2D eigenvalue weighted by Gasteiger charge is 2.60. The molecule has 2 heterocycles. The van der Waals surface area contributed by atoms with Gasteiger partial charge in [0.25, 0.3) is 0 Å². The highest BCUT2D eigenvalue weighted by molar-refractivity contribution is 6.76. The second kappa shape index (κ2) is 7.38. The fourth-order valence-electron chi connectivity index (χ4n) is 4.61. The van der Waals surface area contributed by atoms with Crippen LogP contribution in [0.15, 0.2) is 11.6 Å². The van der Waals surface area contributed by atoms with Gasteiger partial charge in [0.2, 0.25) is 0 Å². The summed E-state index contributed by atoms with van der Waals surface area (Å²) < 4.78 is 6.34. The predicted molar refractivity (Wildman–Crippen MR) is 108 cm³/mol. The van der Waals surface area contributed by atoms with Crippen molar-refractivity contribution in [3.63, 3.8) is 0 Å². The summed E-state index contributed by atoms with van der Waals surface area (Å²) in [4.78, 5) is 0. The summed E-state index contributed by atoms with van der Waals surface area (Å²) in [5.41, 5.74) is 2.01. The highest BCUT2D eigenvalue weighted by Crippen LogP contribution is 2.59. The van der Waals surface area contributed by atoms with E-state index in [0.29, 0.717) is 17.4 Å². The van der Waals surface area contributed by atoms with Crippen LogP contribution in [0.2, 0.25) is 25.7 Å². The van der Waals surface area contributed by atoms with Gasteiger partial charge in [0.05, 0.1) is 19.8 Å². The van der Waals surface area contributed by atoms with Gasteiger partial charge in [0.1, 0.15) is 0 Å². The summed E-state index contributed by atoms with van der Waals surface area (Å²) in [6.07, 6.45) is 10.00. The monoisotopic (exact) mass is 346 g/mol. The van der Waals surface area contributed by atoms with Crippen LogP contribution in [0.3, 0.4) is 0 Å². The molecule has 136 valence electrons. The lowest BCUT2D eigenvalue weighted by Crippen LogP contribution is -2.40. The molecule has 1 nitrogen and oxygen atoms in total. The van der Waals surface area contributed by atoms with E-state index < -0.39 is 8.07 Å². The molecule has 2 rings (SSSR count). The lowest BCUT2D eigenvalue weighted by atomic mass is 9.62. The van der Waals surface area contributed by atoms with E-state index in [2.05, 4.69) is 65.3 Å². The number of fused-ring (bicyclic) bond motifs is 2. The Labute approximate surface area is 151 Å². The zero-order chi connectivity index (χ0) is 18.0. The normalized spacial score (nSPS) is 31.9. The van der Waals surface area contributed by atoms with Crippen LogP contribution in [-0.4, -0.2) is 19.8 Å². The Bertz CT molecular complexity index is 524. The zero-order valence-corrected chi connectivity index (χ0v) is 18.1. The predicted octanol–water partition coefficient (Wildman–Crippen LogP) is 6.43. The summed E-state index contributed by atoms with van der Waals surface area (Å²) in [5.74, 6) is 7.43. The van der Waals surface area contributed by atoms with Crippen molar-refractivity contribution in [3.8, 4) is 11.8 Å². The smallest absolute Gasteiger partial charge is 0.0693 e. The number of hydrogen-bond donors (Lipinski definition) is 0. The lowest BCUT2D eigenvalue weighted by molar-refractivity contribution is 0.00470. The summed E-state index contributed by atoms with van der Waals surface area (Å²) in [6, 6.07) is 1.13. The third-order valence-corrected chi connectivity index (χ3v) is 7.35. The molecule has 0 saturated carbocycles. The largest absolute Gasteiger partial charge is 0.371 e. The second-order valence-corrected chi connectivity index (χ2v) is 15.5. The minimum Gasteiger partial charge on any atom is -0.371 e. The Balaban J connectivity index is 1.76. The van der Waals surface area contributed by atoms with Gasteiger partial charge in [-0.05, 0) is 57.3 Å². The standard InChI is InChI=1S/C22H38OSi/c1-18(12-10-8-9-11-17-24(5,6)7)13-14-19-21(2,3)20-15-16-22(19,4)23-20/h12,19-20H,8,10,13-17H2,1-7H3/b18-12+/t19?,20-,22+/m0/s1. The molecule has 2 bridgehead atoms. The highest BCUT2D eigenvalue weighted by atomic mass is 28.3. The van der Waals surface area contributed by atoms with Gasteiger partial charge in [-0.15, -0.1) is 11.8 Å². The number of hydrogen-bond acceptors (Lipinski definition) is 1. The molecule has 1 unspecified atom stereocenters. The maximum atomic E-state index is 6.34. The Morgan fingerprint density at radius 1 is 1.21 bits per heavy atom. The molecule has 2 saturated heterocycles. The van der Waals surface area contributed by atoms with Gasteiger partial charge in [-0.25, -0.2) is 0 Å². The first kappa shape index (κ1) is 19.8. The second-order valence-electron chi connectivity index (χ2n) is 10.1. The third-order valence-electron chi connectivity index (χ3n) is 6.11.